The highest BCUT2D eigenvalue weighted by Gasteiger charge is 1.95. The van der Waals surface area contributed by atoms with E-state index in [0.717, 1.165) is 11.1 Å². The molecule has 0 aliphatic carbocycles. The van der Waals surface area contributed by atoms with Gasteiger partial charge in [-0.1, -0.05) is 26.0 Å². The van der Waals surface area contributed by atoms with Crippen LogP contribution in [0, 0.1) is 0 Å². The van der Waals surface area contributed by atoms with Crippen LogP contribution in [0.3, 0.4) is 0 Å². The SMILES string of the molecule is C=C(C)c1cc(N)cc(N)c1.CC. The lowest BCUT2D eigenvalue weighted by Gasteiger charge is -2.02. The molecule has 0 aliphatic heterocycles. The number of rotatable bonds is 1. The molecule has 72 valence electrons. The smallest absolute Gasteiger partial charge is 0.0340 e. The van der Waals surface area contributed by atoms with Crippen molar-refractivity contribution < 1.29 is 0 Å². The van der Waals surface area contributed by atoms with Gasteiger partial charge >= 0.3 is 0 Å². The molecule has 0 atom stereocenters. The van der Waals surface area contributed by atoms with Gasteiger partial charge in [0.2, 0.25) is 0 Å². The van der Waals surface area contributed by atoms with Crippen molar-refractivity contribution in [1.82, 2.24) is 0 Å². The van der Waals surface area contributed by atoms with Crippen LogP contribution < -0.4 is 11.5 Å². The summed E-state index contributed by atoms with van der Waals surface area (Å²) in [6.45, 7) is 9.72. The van der Waals surface area contributed by atoms with E-state index in [1.165, 1.54) is 0 Å². The molecule has 13 heavy (non-hydrogen) atoms. The zero-order chi connectivity index (χ0) is 10.4. The predicted octanol–water partition coefficient (Wildman–Crippen LogP) is 2.91. The Morgan fingerprint density at radius 1 is 1.08 bits per heavy atom. The summed E-state index contributed by atoms with van der Waals surface area (Å²) in [5, 5.41) is 0. The Morgan fingerprint density at radius 2 is 1.46 bits per heavy atom. The van der Waals surface area contributed by atoms with E-state index < -0.39 is 0 Å². The first-order valence-corrected chi connectivity index (χ1v) is 4.41. The van der Waals surface area contributed by atoms with Crippen LogP contribution in [0.2, 0.25) is 0 Å². The average molecular weight is 178 g/mol. The van der Waals surface area contributed by atoms with Gasteiger partial charge in [0.05, 0.1) is 0 Å². The molecule has 0 amide bonds. The largest absolute Gasteiger partial charge is 0.399 e. The summed E-state index contributed by atoms with van der Waals surface area (Å²) < 4.78 is 0. The van der Waals surface area contributed by atoms with Crippen molar-refractivity contribution in [1.29, 1.82) is 0 Å². The number of benzene rings is 1. The maximum absolute atomic E-state index is 5.58. The number of allylic oxidation sites excluding steroid dienone is 1. The third kappa shape index (κ3) is 3.65. The van der Waals surface area contributed by atoms with Crippen molar-refractivity contribution in [2.45, 2.75) is 20.8 Å². The van der Waals surface area contributed by atoms with Gasteiger partial charge < -0.3 is 11.5 Å². The summed E-state index contributed by atoms with van der Waals surface area (Å²) in [6, 6.07) is 5.45. The van der Waals surface area contributed by atoms with Crippen molar-refractivity contribution >= 4 is 16.9 Å². The van der Waals surface area contributed by atoms with E-state index in [9.17, 15) is 0 Å². The molecule has 4 N–H and O–H groups in total. The summed E-state index contributed by atoms with van der Waals surface area (Å²) in [5.74, 6) is 0. The molecule has 0 radical (unpaired) electrons. The lowest BCUT2D eigenvalue weighted by molar-refractivity contribution is 1.50. The molecule has 0 fully saturated rings. The van der Waals surface area contributed by atoms with Crippen LogP contribution in [-0.2, 0) is 0 Å². The second-order valence-corrected chi connectivity index (χ2v) is 2.67. The lowest BCUT2D eigenvalue weighted by Crippen LogP contribution is -1.91. The Balaban J connectivity index is 0.000000671. The Labute approximate surface area is 80.3 Å². The summed E-state index contributed by atoms with van der Waals surface area (Å²) in [7, 11) is 0. The minimum atomic E-state index is 0.683. The molecule has 0 aliphatic rings. The molecule has 2 heteroatoms. The third-order valence-corrected chi connectivity index (χ3v) is 1.47. The van der Waals surface area contributed by atoms with Crippen LogP contribution in [-0.4, -0.2) is 0 Å². The van der Waals surface area contributed by atoms with Gasteiger partial charge in [0.25, 0.3) is 0 Å². The molecule has 1 aromatic carbocycles. The van der Waals surface area contributed by atoms with Gasteiger partial charge in [-0.15, -0.1) is 0 Å². The van der Waals surface area contributed by atoms with E-state index in [4.69, 9.17) is 11.5 Å². The Hall–Kier alpha value is -1.44. The van der Waals surface area contributed by atoms with E-state index in [-0.39, 0.29) is 0 Å². The van der Waals surface area contributed by atoms with Gasteiger partial charge in [-0.05, 0) is 30.7 Å². The molecule has 1 rings (SSSR count). The normalized spacial score (nSPS) is 8.54. The monoisotopic (exact) mass is 178 g/mol. The fraction of sp³-hybridized carbons (Fsp3) is 0.273. The molecule has 0 aromatic heterocycles. The van der Waals surface area contributed by atoms with E-state index >= 15 is 0 Å². The fourth-order valence-corrected chi connectivity index (χ4v) is 0.923. The Morgan fingerprint density at radius 3 is 1.77 bits per heavy atom. The van der Waals surface area contributed by atoms with Crippen LogP contribution in [0.15, 0.2) is 24.8 Å². The lowest BCUT2D eigenvalue weighted by atomic mass is 10.1. The topological polar surface area (TPSA) is 52.0 Å². The first kappa shape index (κ1) is 11.6. The summed E-state index contributed by atoms with van der Waals surface area (Å²) >= 11 is 0. The highest BCUT2D eigenvalue weighted by Crippen LogP contribution is 2.18. The highest BCUT2D eigenvalue weighted by molar-refractivity contribution is 5.69. The van der Waals surface area contributed by atoms with Crippen molar-refractivity contribution in [2.24, 2.45) is 0 Å². The van der Waals surface area contributed by atoms with Gasteiger partial charge in [0, 0.05) is 11.4 Å². The van der Waals surface area contributed by atoms with Crippen molar-refractivity contribution in [2.75, 3.05) is 11.5 Å². The number of hydrogen-bond acceptors (Lipinski definition) is 2. The predicted molar refractivity (Wildman–Crippen MR) is 61.3 cm³/mol. The first-order valence-electron chi connectivity index (χ1n) is 4.41. The number of nitrogen functional groups attached to an aromatic ring is 2. The number of nitrogens with two attached hydrogens (primary N) is 2. The minimum absolute atomic E-state index is 0.683. The maximum atomic E-state index is 5.58. The molecule has 1 aromatic rings. The molecule has 0 bridgehead atoms. The van der Waals surface area contributed by atoms with Gasteiger partial charge in [0.1, 0.15) is 0 Å². The van der Waals surface area contributed by atoms with Crippen molar-refractivity contribution in [3.63, 3.8) is 0 Å². The minimum Gasteiger partial charge on any atom is -0.399 e. The number of anilines is 2. The Bertz CT molecular complexity index is 270. The fourth-order valence-electron chi connectivity index (χ4n) is 0.923. The van der Waals surface area contributed by atoms with Crippen LogP contribution in [0.1, 0.15) is 26.3 Å². The average Bonchev–Trinajstić information content (AvgIpc) is 2.06. The van der Waals surface area contributed by atoms with E-state index in [1.54, 1.807) is 6.07 Å². The van der Waals surface area contributed by atoms with Crippen molar-refractivity contribution in [3.05, 3.63) is 30.3 Å². The molecular formula is C11H18N2. The van der Waals surface area contributed by atoms with Gasteiger partial charge in [-0.3, -0.25) is 0 Å². The summed E-state index contributed by atoms with van der Waals surface area (Å²) in [4.78, 5) is 0. The van der Waals surface area contributed by atoms with Gasteiger partial charge in [0.15, 0.2) is 0 Å². The van der Waals surface area contributed by atoms with Gasteiger partial charge in [-0.25, -0.2) is 0 Å². The second-order valence-electron chi connectivity index (χ2n) is 2.67. The highest BCUT2D eigenvalue weighted by atomic mass is 14.6. The van der Waals surface area contributed by atoms with E-state index in [2.05, 4.69) is 6.58 Å². The molecule has 0 saturated heterocycles. The Kier molecular flexibility index (Phi) is 4.67. The second kappa shape index (κ2) is 5.25. The first-order chi connectivity index (χ1) is 6.09. The van der Waals surface area contributed by atoms with Crippen LogP contribution >= 0.6 is 0 Å². The van der Waals surface area contributed by atoms with E-state index in [0.29, 0.717) is 11.4 Å². The van der Waals surface area contributed by atoms with Crippen LogP contribution in [0.5, 0.6) is 0 Å². The molecule has 2 nitrogen and oxygen atoms in total. The zero-order valence-electron chi connectivity index (χ0n) is 8.59. The third-order valence-electron chi connectivity index (χ3n) is 1.47. The standard InChI is InChI=1S/C9H12N2.C2H6/c1-6(2)7-3-8(10)5-9(11)4-7;1-2/h3-5H,1,10-11H2,2H3;1-2H3. The quantitative estimate of drug-likeness (QED) is 0.650. The maximum Gasteiger partial charge on any atom is 0.0340 e. The van der Waals surface area contributed by atoms with Crippen LogP contribution in [0.4, 0.5) is 11.4 Å². The molecule has 0 saturated carbocycles. The van der Waals surface area contributed by atoms with Gasteiger partial charge in [-0.2, -0.15) is 0 Å². The molecule has 0 unspecified atom stereocenters. The summed E-state index contributed by atoms with van der Waals surface area (Å²) in [5.41, 5.74) is 14.5. The number of hydrogen-bond donors (Lipinski definition) is 2. The zero-order valence-corrected chi connectivity index (χ0v) is 8.59. The van der Waals surface area contributed by atoms with Crippen molar-refractivity contribution in [3.8, 4) is 0 Å². The van der Waals surface area contributed by atoms with E-state index in [1.807, 2.05) is 32.9 Å². The molecular weight excluding hydrogens is 160 g/mol. The molecule has 0 heterocycles. The van der Waals surface area contributed by atoms with Crippen LogP contribution in [0.25, 0.3) is 5.57 Å². The molecule has 0 spiro atoms. The summed E-state index contributed by atoms with van der Waals surface area (Å²) in [6.07, 6.45) is 0.